The fraction of sp³-hybridized carbons (Fsp3) is 0.562. The minimum absolute atomic E-state index is 0.278. The van der Waals surface area contributed by atoms with Crippen LogP contribution in [0.1, 0.15) is 12.8 Å². The molecule has 21 heavy (non-hydrogen) atoms. The Bertz CT molecular complexity index is 492. The maximum absolute atomic E-state index is 12.3. The average molecular weight is 289 g/mol. The van der Waals surface area contributed by atoms with E-state index in [0.29, 0.717) is 18.1 Å². The van der Waals surface area contributed by atoms with Crippen LogP contribution in [0.5, 0.6) is 5.75 Å². The highest BCUT2D eigenvalue weighted by Gasteiger charge is 2.25. The van der Waals surface area contributed by atoms with E-state index in [0.717, 1.165) is 51.4 Å². The molecule has 2 aliphatic rings. The molecular formula is C16H23N3O2. The molecule has 1 atom stereocenters. The molecule has 0 aromatic heterocycles. The van der Waals surface area contributed by atoms with Crippen molar-refractivity contribution in [3.05, 3.63) is 24.3 Å². The number of benzene rings is 1. The van der Waals surface area contributed by atoms with Crippen LogP contribution in [0.4, 0.5) is 5.69 Å². The van der Waals surface area contributed by atoms with E-state index >= 15 is 0 Å². The van der Waals surface area contributed by atoms with E-state index in [1.54, 1.807) is 6.07 Å². The van der Waals surface area contributed by atoms with Crippen molar-refractivity contribution < 1.29 is 9.90 Å². The fourth-order valence-electron chi connectivity index (χ4n) is 3.19. The molecule has 2 saturated heterocycles. The average Bonchev–Trinajstić information content (AvgIpc) is 3.01. The van der Waals surface area contributed by atoms with Gasteiger partial charge in [-0.3, -0.25) is 4.79 Å². The second-order valence-corrected chi connectivity index (χ2v) is 5.92. The smallest absolute Gasteiger partial charge is 0.223 e. The predicted octanol–water partition coefficient (Wildman–Crippen LogP) is 1.04. The molecule has 5 nitrogen and oxygen atoms in total. The summed E-state index contributed by atoms with van der Waals surface area (Å²) in [6.07, 6.45) is 1.78. The molecule has 1 unspecified atom stereocenters. The van der Waals surface area contributed by atoms with Crippen molar-refractivity contribution in [1.29, 1.82) is 0 Å². The number of nitrogens with one attached hydrogen (secondary N) is 1. The Labute approximate surface area is 125 Å². The molecule has 0 bridgehead atoms. The van der Waals surface area contributed by atoms with E-state index in [4.69, 9.17) is 0 Å². The van der Waals surface area contributed by atoms with Gasteiger partial charge in [-0.05, 0) is 37.6 Å². The molecule has 3 rings (SSSR count). The van der Waals surface area contributed by atoms with Gasteiger partial charge in [0.25, 0.3) is 0 Å². The van der Waals surface area contributed by atoms with Crippen LogP contribution in [0.25, 0.3) is 0 Å². The van der Waals surface area contributed by atoms with E-state index in [1.165, 1.54) is 0 Å². The van der Waals surface area contributed by atoms with Gasteiger partial charge in [0, 0.05) is 32.6 Å². The molecular weight excluding hydrogens is 266 g/mol. The summed E-state index contributed by atoms with van der Waals surface area (Å²) in [6, 6.07) is 7.39. The molecule has 0 saturated carbocycles. The number of anilines is 1. The Balaban J connectivity index is 1.52. The van der Waals surface area contributed by atoms with E-state index < -0.39 is 0 Å². The topological polar surface area (TPSA) is 55.8 Å². The van der Waals surface area contributed by atoms with Crippen LogP contribution < -0.4 is 10.2 Å². The number of nitrogens with zero attached hydrogens (tertiary/aromatic N) is 2. The van der Waals surface area contributed by atoms with Gasteiger partial charge < -0.3 is 20.2 Å². The normalized spacial score (nSPS) is 22.6. The third-order valence-electron chi connectivity index (χ3n) is 4.48. The summed E-state index contributed by atoms with van der Waals surface area (Å²) in [7, 11) is 0. The molecule has 5 heteroatoms. The van der Waals surface area contributed by atoms with Crippen LogP contribution in [0.2, 0.25) is 0 Å². The van der Waals surface area contributed by atoms with Crippen molar-refractivity contribution in [2.24, 2.45) is 5.92 Å². The fourth-order valence-corrected chi connectivity index (χ4v) is 3.19. The first kappa shape index (κ1) is 14.2. The predicted molar refractivity (Wildman–Crippen MR) is 82.5 cm³/mol. The van der Waals surface area contributed by atoms with Crippen LogP contribution in [0.15, 0.2) is 24.3 Å². The van der Waals surface area contributed by atoms with E-state index in [1.807, 2.05) is 23.1 Å². The molecule has 2 N–H and O–H groups in total. The zero-order valence-corrected chi connectivity index (χ0v) is 12.3. The van der Waals surface area contributed by atoms with Crippen molar-refractivity contribution in [3.63, 3.8) is 0 Å². The highest BCUT2D eigenvalue weighted by Crippen LogP contribution is 2.27. The zero-order chi connectivity index (χ0) is 14.7. The quantitative estimate of drug-likeness (QED) is 0.873. The third-order valence-corrected chi connectivity index (χ3v) is 4.48. The van der Waals surface area contributed by atoms with Crippen LogP contribution in [0.3, 0.4) is 0 Å². The minimum Gasteiger partial charge on any atom is -0.506 e. The Morgan fingerprint density at radius 1 is 1.24 bits per heavy atom. The van der Waals surface area contributed by atoms with Crippen LogP contribution >= 0.6 is 0 Å². The molecule has 0 radical (unpaired) electrons. The minimum atomic E-state index is 0.278. The summed E-state index contributed by atoms with van der Waals surface area (Å²) in [5, 5.41) is 13.2. The number of rotatable bonds is 3. The summed E-state index contributed by atoms with van der Waals surface area (Å²) in [4.78, 5) is 16.4. The number of para-hydroxylation sites is 2. The van der Waals surface area contributed by atoms with Crippen molar-refractivity contribution in [3.8, 4) is 5.75 Å². The van der Waals surface area contributed by atoms with Gasteiger partial charge in [-0.2, -0.15) is 0 Å². The molecule has 0 aliphatic carbocycles. The van der Waals surface area contributed by atoms with Crippen molar-refractivity contribution in [2.75, 3.05) is 44.2 Å². The lowest BCUT2D eigenvalue weighted by Crippen LogP contribution is -2.49. The maximum atomic E-state index is 12.3. The number of carbonyl (C=O) groups excluding carboxylic acids is 1. The summed E-state index contributed by atoms with van der Waals surface area (Å²) in [5.74, 6) is 1.10. The molecule has 1 aromatic carbocycles. The number of phenols is 1. The monoisotopic (exact) mass is 289 g/mol. The summed E-state index contributed by atoms with van der Waals surface area (Å²) in [5.41, 5.74) is 0.865. The van der Waals surface area contributed by atoms with Crippen molar-refractivity contribution in [1.82, 2.24) is 10.2 Å². The SMILES string of the molecule is O=C(CC1CCNC1)N1CCN(c2ccccc2O)CC1. The summed E-state index contributed by atoms with van der Waals surface area (Å²) >= 11 is 0. The molecule has 114 valence electrons. The van der Waals surface area contributed by atoms with Crippen LogP contribution in [-0.2, 0) is 4.79 Å². The van der Waals surface area contributed by atoms with Gasteiger partial charge in [0.15, 0.2) is 0 Å². The van der Waals surface area contributed by atoms with Gasteiger partial charge in [0.05, 0.1) is 5.69 Å². The Morgan fingerprint density at radius 3 is 2.67 bits per heavy atom. The van der Waals surface area contributed by atoms with Gasteiger partial charge in [0.2, 0.25) is 5.91 Å². The number of carbonyl (C=O) groups is 1. The first-order valence-electron chi connectivity index (χ1n) is 7.75. The molecule has 1 amide bonds. The highest BCUT2D eigenvalue weighted by molar-refractivity contribution is 5.77. The summed E-state index contributed by atoms with van der Waals surface area (Å²) < 4.78 is 0. The third kappa shape index (κ3) is 3.29. The van der Waals surface area contributed by atoms with Crippen molar-refractivity contribution in [2.45, 2.75) is 12.8 Å². The van der Waals surface area contributed by atoms with E-state index in [2.05, 4.69) is 10.2 Å². The lowest BCUT2D eigenvalue weighted by molar-refractivity contribution is -0.132. The first-order chi connectivity index (χ1) is 10.2. The number of hydrogen-bond acceptors (Lipinski definition) is 4. The molecule has 2 heterocycles. The van der Waals surface area contributed by atoms with E-state index in [-0.39, 0.29) is 5.91 Å². The Kier molecular flexibility index (Phi) is 4.29. The first-order valence-corrected chi connectivity index (χ1v) is 7.75. The second kappa shape index (κ2) is 6.35. The lowest BCUT2D eigenvalue weighted by atomic mass is 10.0. The van der Waals surface area contributed by atoms with Gasteiger partial charge in [0.1, 0.15) is 5.75 Å². The van der Waals surface area contributed by atoms with Crippen molar-refractivity contribution >= 4 is 11.6 Å². The van der Waals surface area contributed by atoms with Crippen LogP contribution in [-0.4, -0.2) is 55.2 Å². The number of phenolic OH excluding ortho intramolecular Hbond substituents is 1. The Hall–Kier alpha value is -1.75. The number of aromatic hydroxyl groups is 1. The van der Waals surface area contributed by atoms with Gasteiger partial charge in [-0.1, -0.05) is 12.1 Å². The number of piperazine rings is 1. The number of hydrogen-bond donors (Lipinski definition) is 2. The van der Waals surface area contributed by atoms with Gasteiger partial charge in [-0.25, -0.2) is 0 Å². The molecule has 0 spiro atoms. The molecule has 1 aromatic rings. The standard InChI is InChI=1S/C16H23N3O2/c20-15-4-2-1-3-14(15)18-7-9-19(10-8-18)16(21)11-13-5-6-17-12-13/h1-4,13,17,20H,5-12H2. The largest absolute Gasteiger partial charge is 0.506 e. The number of amides is 1. The second-order valence-electron chi connectivity index (χ2n) is 5.92. The highest BCUT2D eigenvalue weighted by atomic mass is 16.3. The molecule has 2 fully saturated rings. The van der Waals surface area contributed by atoms with Gasteiger partial charge in [-0.15, -0.1) is 0 Å². The lowest BCUT2D eigenvalue weighted by Gasteiger charge is -2.36. The summed E-state index contributed by atoms with van der Waals surface area (Å²) in [6.45, 7) is 5.07. The van der Waals surface area contributed by atoms with E-state index in [9.17, 15) is 9.90 Å². The molecule has 2 aliphatic heterocycles. The zero-order valence-electron chi connectivity index (χ0n) is 12.3. The Morgan fingerprint density at radius 2 is 2.00 bits per heavy atom. The van der Waals surface area contributed by atoms with Gasteiger partial charge >= 0.3 is 0 Å². The van der Waals surface area contributed by atoms with Crippen LogP contribution in [0, 0.1) is 5.92 Å². The maximum Gasteiger partial charge on any atom is 0.223 e.